The van der Waals surface area contributed by atoms with Crippen LogP contribution in [0.3, 0.4) is 0 Å². The number of carbonyl (C=O) groups is 4. The van der Waals surface area contributed by atoms with Gasteiger partial charge >= 0.3 is 24.0 Å². The SMILES string of the molecule is CC(=O)OC[C@@H]1OC(n2cnc3c(-c4ccc(N(C)C)cc4NC(=O)OC(C)(C)C)ncnc32)[C@@H](OC(C)=O)[C@@H]1OC(C)=O. The van der Waals surface area contributed by atoms with Gasteiger partial charge in [0.15, 0.2) is 24.1 Å². The van der Waals surface area contributed by atoms with Crippen LogP contribution in [0.1, 0.15) is 47.8 Å². The van der Waals surface area contributed by atoms with Gasteiger partial charge in [0, 0.05) is 46.1 Å². The average Bonchev–Trinajstić information content (AvgIpc) is 3.47. The van der Waals surface area contributed by atoms with E-state index >= 15 is 0 Å². The molecule has 0 saturated carbocycles. The van der Waals surface area contributed by atoms with Crippen LogP contribution in [0.2, 0.25) is 0 Å². The maximum atomic E-state index is 12.8. The van der Waals surface area contributed by atoms with Crippen molar-refractivity contribution in [2.75, 3.05) is 30.9 Å². The minimum absolute atomic E-state index is 0.258. The molecule has 236 valence electrons. The number of nitrogens with zero attached hydrogens (tertiary/aromatic N) is 5. The zero-order valence-electron chi connectivity index (χ0n) is 25.8. The standard InChI is InChI=1S/C29H36N6O9/c1-15(36)40-12-21-24(41-16(2)37)25(42-17(3)38)27(43-21)35-14-32-23-22(30-13-31-26(23)35)19-10-9-18(34(7)8)11-20(19)33-28(39)44-29(4,5)6/h9-11,13-14,21,24-25,27H,12H2,1-8H3,(H,33,39)/t21-,24+,25-,27?/m0/s1. The minimum atomic E-state index is -1.13. The summed E-state index contributed by atoms with van der Waals surface area (Å²) in [5.41, 5.74) is 2.08. The number of imidazole rings is 1. The first-order valence-electron chi connectivity index (χ1n) is 13.8. The molecule has 1 fully saturated rings. The first-order valence-corrected chi connectivity index (χ1v) is 13.8. The lowest BCUT2D eigenvalue weighted by molar-refractivity contribution is -0.166. The number of esters is 3. The summed E-state index contributed by atoms with van der Waals surface area (Å²) >= 11 is 0. The number of hydrogen-bond acceptors (Lipinski definition) is 13. The molecule has 15 nitrogen and oxygen atoms in total. The first kappa shape index (κ1) is 32.1. The Hall–Kier alpha value is -4.79. The molecule has 0 bridgehead atoms. The Bertz CT molecular complexity index is 1560. The smallest absolute Gasteiger partial charge is 0.412 e. The first-order chi connectivity index (χ1) is 20.6. The molecule has 4 rings (SSSR count). The maximum Gasteiger partial charge on any atom is 0.412 e. The van der Waals surface area contributed by atoms with Crippen molar-refractivity contribution in [2.45, 2.75) is 71.7 Å². The van der Waals surface area contributed by atoms with Gasteiger partial charge < -0.3 is 28.6 Å². The molecule has 15 heteroatoms. The van der Waals surface area contributed by atoms with Gasteiger partial charge in [0.1, 0.15) is 35.8 Å². The number of amides is 1. The highest BCUT2D eigenvalue weighted by Gasteiger charge is 2.51. The molecule has 1 N–H and O–H groups in total. The second-order valence-corrected chi connectivity index (χ2v) is 11.3. The normalized spacial score (nSPS) is 19.7. The van der Waals surface area contributed by atoms with Gasteiger partial charge in [0.25, 0.3) is 0 Å². The molecule has 0 radical (unpaired) electrons. The number of aromatic nitrogens is 4. The Kier molecular flexibility index (Phi) is 9.37. The van der Waals surface area contributed by atoms with E-state index in [4.69, 9.17) is 23.7 Å². The number of rotatable bonds is 8. The highest BCUT2D eigenvalue weighted by molar-refractivity contribution is 5.97. The summed E-state index contributed by atoms with van der Waals surface area (Å²) in [6, 6.07) is 5.44. The van der Waals surface area contributed by atoms with E-state index in [2.05, 4.69) is 20.3 Å². The van der Waals surface area contributed by atoms with Gasteiger partial charge in [0.05, 0.1) is 12.0 Å². The van der Waals surface area contributed by atoms with Crippen LogP contribution >= 0.6 is 0 Å². The van der Waals surface area contributed by atoms with E-state index in [-0.39, 0.29) is 6.61 Å². The van der Waals surface area contributed by atoms with Gasteiger partial charge in [-0.1, -0.05) is 0 Å². The lowest BCUT2D eigenvalue weighted by Gasteiger charge is -2.23. The molecule has 1 aliphatic rings. The number of fused-ring (bicyclic) bond motifs is 1. The predicted octanol–water partition coefficient (Wildman–Crippen LogP) is 3.23. The highest BCUT2D eigenvalue weighted by atomic mass is 16.7. The molecule has 4 atom stereocenters. The fraction of sp³-hybridized carbons (Fsp3) is 0.483. The third-order valence-electron chi connectivity index (χ3n) is 6.38. The van der Waals surface area contributed by atoms with Gasteiger partial charge in [-0.05, 0) is 39.0 Å². The minimum Gasteiger partial charge on any atom is -0.463 e. The van der Waals surface area contributed by atoms with E-state index in [1.165, 1.54) is 38.0 Å². The van der Waals surface area contributed by atoms with Crippen LogP contribution < -0.4 is 10.2 Å². The molecule has 2 aromatic heterocycles. The molecule has 3 aromatic rings. The summed E-state index contributed by atoms with van der Waals surface area (Å²) in [7, 11) is 3.74. The van der Waals surface area contributed by atoms with Crippen LogP contribution in [0.15, 0.2) is 30.9 Å². The van der Waals surface area contributed by atoms with Gasteiger partial charge in [-0.25, -0.2) is 19.7 Å². The van der Waals surface area contributed by atoms with Gasteiger partial charge in [-0.3, -0.25) is 24.3 Å². The van der Waals surface area contributed by atoms with E-state index in [9.17, 15) is 19.2 Å². The zero-order chi connectivity index (χ0) is 32.3. The van der Waals surface area contributed by atoms with Crippen molar-refractivity contribution >= 4 is 46.5 Å². The van der Waals surface area contributed by atoms with Crippen molar-refractivity contribution in [1.82, 2.24) is 19.5 Å². The molecule has 1 aliphatic heterocycles. The van der Waals surface area contributed by atoms with Crippen molar-refractivity contribution in [1.29, 1.82) is 0 Å². The lowest BCUT2D eigenvalue weighted by Crippen LogP contribution is -2.40. The van der Waals surface area contributed by atoms with Crippen LogP contribution in [0.5, 0.6) is 0 Å². The number of carbonyl (C=O) groups excluding carboxylic acids is 4. The summed E-state index contributed by atoms with van der Waals surface area (Å²) in [6.45, 7) is 8.69. The predicted molar refractivity (Wildman–Crippen MR) is 157 cm³/mol. The molecular formula is C29H36N6O9. The van der Waals surface area contributed by atoms with Crippen molar-refractivity contribution < 1.29 is 42.9 Å². The number of hydrogen-bond donors (Lipinski definition) is 1. The number of benzene rings is 1. The van der Waals surface area contributed by atoms with E-state index in [1.807, 2.05) is 25.1 Å². The molecular weight excluding hydrogens is 576 g/mol. The second kappa shape index (κ2) is 12.8. The fourth-order valence-corrected chi connectivity index (χ4v) is 4.69. The Morgan fingerprint density at radius 3 is 2.27 bits per heavy atom. The van der Waals surface area contributed by atoms with Crippen LogP contribution in [0.25, 0.3) is 22.4 Å². The number of nitrogens with one attached hydrogen (secondary N) is 1. The van der Waals surface area contributed by atoms with Crippen LogP contribution in [-0.4, -0.2) is 88.1 Å². The second-order valence-electron chi connectivity index (χ2n) is 11.3. The largest absolute Gasteiger partial charge is 0.463 e. The summed E-state index contributed by atoms with van der Waals surface area (Å²) < 4.78 is 29.3. The van der Waals surface area contributed by atoms with Crippen molar-refractivity contribution in [3.63, 3.8) is 0 Å². The number of anilines is 2. The van der Waals surface area contributed by atoms with Crippen molar-refractivity contribution in [2.24, 2.45) is 0 Å². The van der Waals surface area contributed by atoms with E-state index < -0.39 is 54.1 Å². The molecule has 1 unspecified atom stereocenters. The van der Waals surface area contributed by atoms with Gasteiger partial charge in [0.2, 0.25) is 0 Å². The summed E-state index contributed by atoms with van der Waals surface area (Å²) in [5, 5.41) is 2.81. The monoisotopic (exact) mass is 612 g/mol. The van der Waals surface area contributed by atoms with E-state index in [1.54, 1.807) is 32.9 Å². The van der Waals surface area contributed by atoms with Gasteiger partial charge in [-0.15, -0.1) is 0 Å². The summed E-state index contributed by atoms with van der Waals surface area (Å²) in [4.78, 5) is 63.7. The average molecular weight is 613 g/mol. The lowest BCUT2D eigenvalue weighted by atomic mass is 10.1. The highest BCUT2D eigenvalue weighted by Crippen LogP contribution is 2.38. The Balaban J connectivity index is 1.79. The Morgan fingerprint density at radius 2 is 1.66 bits per heavy atom. The van der Waals surface area contributed by atoms with Crippen LogP contribution in [0.4, 0.5) is 16.2 Å². The molecule has 0 spiro atoms. The molecule has 1 aromatic carbocycles. The van der Waals surface area contributed by atoms with E-state index in [0.29, 0.717) is 28.1 Å². The fourth-order valence-electron chi connectivity index (χ4n) is 4.69. The zero-order valence-corrected chi connectivity index (χ0v) is 25.8. The van der Waals surface area contributed by atoms with Gasteiger partial charge in [-0.2, -0.15) is 0 Å². The molecule has 3 heterocycles. The molecule has 1 amide bonds. The number of ether oxygens (including phenoxy) is 5. The topological polar surface area (TPSA) is 173 Å². The maximum absolute atomic E-state index is 12.8. The summed E-state index contributed by atoms with van der Waals surface area (Å²) in [5.74, 6) is -1.85. The quantitative estimate of drug-likeness (QED) is 0.290. The Labute approximate surface area is 253 Å². The van der Waals surface area contributed by atoms with Crippen molar-refractivity contribution in [3.05, 3.63) is 30.9 Å². The Morgan fingerprint density at radius 1 is 0.977 bits per heavy atom. The molecule has 1 saturated heterocycles. The van der Waals surface area contributed by atoms with Crippen LogP contribution in [-0.2, 0) is 38.1 Å². The third-order valence-corrected chi connectivity index (χ3v) is 6.38. The van der Waals surface area contributed by atoms with Crippen molar-refractivity contribution in [3.8, 4) is 11.3 Å². The molecule has 44 heavy (non-hydrogen) atoms. The van der Waals surface area contributed by atoms with E-state index in [0.717, 1.165) is 5.69 Å². The molecule has 0 aliphatic carbocycles. The summed E-state index contributed by atoms with van der Waals surface area (Å²) in [6.07, 6.45) is -2.14. The third kappa shape index (κ3) is 7.40. The van der Waals surface area contributed by atoms with Crippen LogP contribution in [0, 0.1) is 0 Å².